The Bertz CT molecular complexity index is 1320. The highest BCUT2D eigenvalue weighted by molar-refractivity contribution is 7.17. The molecule has 0 radical (unpaired) electrons. The molecule has 0 atom stereocenters. The van der Waals surface area contributed by atoms with Crippen molar-refractivity contribution in [2.24, 2.45) is 0 Å². The van der Waals surface area contributed by atoms with Crippen molar-refractivity contribution in [1.82, 2.24) is 19.9 Å². The number of benzene rings is 1. The quantitative estimate of drug-likeness (QED) is 0.318. The number of thiophene rings is 2. The fourth-order valence-electron chi connectivity index (χ4n) is 4.17. The van der Waals surface area contributed by atoms with Crippen LogP contribution in [0, 0.1) is 0 Å². The van der Waals surface area contributed by atoms with Crippen LogP contribution in [-0.2, 0) is 6.54 Å². The molecule has 1 aromatic carbocycles. The van der Waals surface area contributed by atoms with E-state index in [-0.39, 0.29) is 0 Å². The molecular formula is C24H21N5S3. The monoisotopic (exact) mass is 475 g/mol. The lowest BCUT2D eigenvalue weighted by atomic mass is 10.1. The van der Waals surface area contributed by atoms with Crippen LogP contribution < -0.4 is 4.90 Å². The molecule has 8 heteroatoms. The largest absolute Gasteiger partial charge is 0.353 e. The van der Waals surface area contributed by atoms with Crippen molar-refractivity contribution in [2.45, 2.75) is 6.54 Å². The maximum atomic E-state index is 4.85. The summed E-state index contributed by atoms with van der Waals surface area (Å²) in [4.78, 5) is 20.1. The zero-order valence-electron chi connectivity index (χ0n) is 17.3. The Balaban J connectivity index is 1.19. The third kappa shape index (κ3) is 3.84. The van der Waals surface area contributed by atoms with Crippen LogP contribution in [-0.4, -0.2) is 46.0 Å². The average Bonchev–Trinajstić information content (AvgIpc) is 3.60. The molecule has 5 heterocycles. The number of fused-ring (bicyclic) bond motifs is 1. The fraction of sp³-hybridized carbons (Fsp3) is 0.208. The van der Waals surface area contributed by atoms with E-state index >= 15 is 0 Å². The van der Waals surface area contributed by atoms with Gasteiger partial charge in [-0.1, -0.05) is 30.3 Å². The van der Waals surface area contributed by atoms with Gasteiger partial charge < -0.3 is 4.90 Å². The minimum absolute atomic E-state index is 0.904. The summed E-state index contributed by atoms with van der Waals surface area (Å²) in [7, 11) is 0. The lowest BCUT2D eigenvalue weighted by Crippen LogP contribution is -2.46. The van der Waals surface area contributed by atoms with Gasteiger partial charge in [-0.25, -0.2) is 15.0 Å². The van der Waals surface area contributed by atoms with Crippen molar-refractivity contribution in [1.29, 1.82) is 0 Å². The van der Waals surface area contributed by atoms with Gasteiger partial charge in [0, 0.05) is 60.0 Å². The number of hydrogen-bond acceptors (Lipinski definition) is 8. The maximum Gasteiger partial charge on any atom is 0.141 e. The predicted octanol–water partition coefficient (Wildman–Crippen LogP) is 5.87. The molecular weight excluding hydrogens is 455 g/mol. The first-order valence-electron chi connectivity index (χ1n) is 10.6. The van der Waals surface area contributed by atoms with Crippen molar-refractivity contribution in [3.05, 3.63) is 69.9 Å². The van der Waals surface area contributed by atoms with E-state index in [0.717, 1.165) is 48.4 Å². The van der Waals surface area contributed by atoms with Crippen molar-refractivity contribution in [2.75, 3.05) is 31.1 Å². The van der Waals surface area contributed by atoms with Crippen LogP contribution >= 0.6 is 34.0 Å². The number of hydrogen-bond donors (Lipinski definition) is 0. The summed E-state index contributed by atoms with van der Waals surface area (Å²) in [6.07, 6.45) is 1.70. The molecule has 0 saturated carbocycles. The fourth-order valence-corrected chi connectivity index (χ4v) is 6.61. The zero-order chi connectivity index (χ0) is 21.3. The summed E-state index contributed by atoms with van der Waals surface area (Å²) in [5.41, 5.74) is 4.84. The summed E-state index contributed by atoms with van der Waals surface area (Å²) in [6, 6.07) is 12.7. The van der Waals surface area contributed by atoms with Gasteiger partial charge in [0.15, 0.2) is 0 Å². The Morgan fingerprint density at radius 3 is 2.53 bits per heavy atom. The van der Waals surface area contributed by atoms with Crippen LogP contribution in [0.25, 0.3) is 31.9 Å². The van der Waals surface area contributed by atoms with Gasteiger partial charge in [0.25, 0.3) is 0 Å². The molecule has 0 bridgehead atoms. The third-order valence-electron chi connectivity index (χ3n) is 5.81. The van der Waals surface area contributed by atoms with E-state index < -0.39 is 0 Å². The Hall–Kier alpha value is -2.65. The van der Waals surface area contributed by atoms with Crippen molar-refractivity contribution in [3.63, 3.8) is 0 Å². The molecule has 5 aromatic rings. The molecule has 0 amide bonds. The SMILES string of the molecule is c1ccc(-c2csc3ncnc(N4CCN(Cc5csc(-c6ccsc6)n5)CC4)c23)cc1. The van der Waals surface area contributed by atoms with Gasteiger partial charge in [-0.3, -0.25) is 4.90 Å². The van der Waals surface area contributed by atoms with Gasteiger partial charge >= 0.3 is 0 Å². The molecule has 1 saturated heterocycles. The van der Waals surface area contributed by atoms with E-state index in [4.69, 9.17) is 9.97 Å². The Morgan fingerprint density at radius 1 is 0.844 bits per heavy atom. The molecule has 32 heavy (non-hydrogen) atoms. The molecule has 0 aliphatic carbocycles. The molecule has 0 unspecified atom stereocenters. The van der Waals surface area contributed by atoms with Crippen LogP contribution in [0.5, 0.6) is 0 Å². The summed E-state index contributed by atoms with van der Waals surface area (Å²) < 4.78 is 0. The molecule has 6 rings (SSSR count). The summed E-state index contributed by atoms with van der Waals surface area (Å²) in [5.74, 6) is 1.06. The van der Waals surface area contributed by atoms with Crippen molar-refractivity contribution in [3.8, 4) is 21.7 Å². The van der Waals surface area contributed by atoms with Crippen LogP contribution in [0.3, 0.4) is 0 Å². The average molecular weight is 476 g/mol. The minimum Gasteiger partial charge on any atom is -0.353 e. The van der Waals surface area contributed by atoms with E-state index in [0.29, 0.717) is 0 Å². The third-order valence-corrected chi connectivity index (χ3v) is 8.32. The molecule has 160 valence electrons. The number of anilines is 1. The summed E-state index contributed by atoms with van der Waals surface area (Å²) in [6.45, 7) is 4.82. The minimum atomic E-state index is 0.904. The predicted molar refractivity (Wildman–Crippen MR) is 136 cm³/mol. The molecule has 1 fully saturated rings. The second kappa shape index (κ2) is 8.71. The number of rotatable bonds is 5. The first-order chi connectivity index (χ1) is 15.8. The standard InChI is InChI=1S/C24H21N5S3/c1-2-4-17(5-3-1)20-15-32-24-21(20)22(25-16-26-24)29-9-7-28(8-10-29)12-19-14-31-23(27-19)18-6-11-30-13-18/h1-6,11,13-16H,7-10,12H2. The second-order valence-corrected chi connectivity index (χ2v) is 10.3. The van der Waals surface area contributed by atoms with Crippen LogP contribution in [0.1, 0.15) is 5.69 Å². The Kier molecular flexibility index (Phi) is 5.44. The normalized spacial score (nSPS) is 14.9. The number of thiazole rings is 1. The molecule has 1 aliphatic rings. The van der Waals surface area contributed by atoms with Crippen LogP contribution in [0.4, 0.5) is 5.82 Å². The van der Waals surface area contributed by atoms with Gasteiger partial charge in [-0.2, -0.15) is 11.3 Å². The van der Waals surface area contributed by atoms with Gasteiger partial charge in [-0.05, 0) is 17.0 Å². The lowest BCUT2D eigenvalue weighted by molar-refractivity contribution is 0.247. The van der Waals surface area contributed by atoms with E-state index in [1.165, 1.54) is 27.8 Å². The number of nitrogens with zero attached hydrogens (tertiary/aromatic N) is 5. The Morgan fingerprint density at radius 2 is 1.72 bits per heavy atom. The molecule has 0 spiro atoms. The van der Waals surface area contributed by atoms with E-state index in [1.807, 2.05) is 0 Å². The lowest BCUT2D eigenvalue weighted by Gasteiger charge is -2.35. The number of aromatic nitrogens is 3. The van der Waals surface area contributed by atoms with Crippen LogP contribution in [0.2, 0.25) is 0 Å². The van der Waals surface area contributed by atoms with Crippen molar-refractivity contribution >= 4 is 50.0 Å². The van der Waals surface area contributed by atoms with E-state index in [2.05, 4.69) is 72.7 Å². The van der Waals surface area contributed by atoms with Crippen LogP contribution in [0.15, 0.2) is 64.2 Å². The first kappa shape index (κ1) is 20.0. The first-order valence-corrected chi connectivity index (χ1v) is 13.3. The molecule has 5 nitrogen and oxygen atoms in total. The summed E-state index contributed by atoms with van der Waals surface area (Å²) >= 11 is 5.15. The van der Waals surface area contributed by atoms with E-state index in [9.17, 15) is 0 Å². The van der Waals surface area contributed by atoms with Gasteiger partial charge in [0.1, 0.15) is 22.0 Å². The highest BCUT2D eigenvalue weighted by Gasteiger charge is 2.23. The zero-order valence-corrected chi connectivity index (χ0v) is 19.8. The Labute approximate surface area is 198 Å². The smallest absolute Gasteiger partial charge is 0.141 e. The van der Waals surface area contributed by atoms with Gasteiger partial charge in [0.05, 0.1) is 11.1 Å². The van der Waals surface area contributed by atoms with E-state index in [1.54, 1.807) is 40.3 Å². The van der Waals surface area contributed by atoms with Gasteiger partial charge in [-0.15, -0.1) is 22.7 Å². The maximum absolute atomic E-state index is 4.85. The molecule has 0 N–H and O–H groups in total. The highest BCUT2D eigenvalue weighted by Crippen LogP contribution is 2.38. The molecule has 1 aliphatic heterocycles. The number of piperazine rings is 1. The topological polar surface area (TPSA) is 45.2 Å². The van der Waals surface area contributed by atoms with Crippen molar-refractivity contribution < 1.29 is 0 Å². The second-order valence-electron chi connectivity index (χ2n) is 7.81. The highest BCUT2D eigenvalue weighted by atomic mass is 32.1. The molecule has 4 aromatic heterocycles. The summed E-state index contributed by atoms with van der Waals surface area (Å²) in [5, 5.41) is 11.0. The van der Waals surface area contributed by atoms with Gasteiger partial charge in [0.2, 0.25) is 0 Å².